The molecule has 0 radical (unpaired) electrons. The highest BCUT2D eigenvalue weighted by molar-refractivity contribution is 7.13. The number of thiazole rings is 1. The third kappa shape index (κ3) is 4.68. The summed E-state index contributed by atoms with van der Waals surface area (Å²) in [6, 6.07) is 6.78. The van der Waals surface area contributed by atoms with Crippen LogP contribution < -0.4 is 16.0 Å². The summed E-state index contributed by atoms with van der Waals surface area (Å²) in [4.78, 5) is 19.5. The van der Waals surface area contributed by atoms with Crippen LogP contribution in [0, 0.1) is 5.92 Å². The van der Waals surface area contributed by atoms with Crippen molar-refractivity contribution < 1.29 is 4.79 Å². The zero-order valence-corrected chi connectivity index (χ0v) is 18.3. The van der Waals surface area contributed by atoms with Gasteiger partial charge in [0.1, 0.15) is 10.8 Å². The van der Waals surface area contributed by atoms with Gasteiger partial charge in [-0.2, -0.15) is 0 Å². The van der Waals surface area contributed by atoms with Gasteiger partial charge in [0.25, 0.3) is 0 Å². The van der Waals surface area contributed by atoms with E-state index in [4.69, 9.17) is 0 Å². The fourth-order valence-electron chi connectivity index (χ4n) is 4.72. The van der Waals surface area contributed by atoms with Gasteiger partial charge in [-0.3, -0.25) is 10.2 Å². The fraction of sp³-hybridized carbons (Fsp3) is 0.565. The molecule has 2 amide bonds. The number of benzene rings is 1. The molecule has 30 heavy (non-hydrogen) atoms. The Morgan fingerprint density at radius 2 is 2.17 bits per heavy atom. The lowest BCUT2D eigenvalue weighted by Crippen LogP contribution is -2.47. The first-order valence-corrected chi connectivity index (χ1v) is 12.2. The van der Waals surface area contributed by atoms with Crippen LogP contribution in [0.3, 0.4) is 0 Å². The van der Waals surface area contributed by atoms with E-state index in [1.165, 1.54) is 36.9 Å². The van der Waals surface area contributed by atoms with Gasteiger partial charge in [0.05, 0.1) is 0 Å². The summed E-state index contributed by atoms with van der Waals surface area (Å²) in [6.45, 7) is 5.38. The summed E-state index contributed by atoms with van der Waals surface area (Å²) in [5.41, 5.74) is 4.06. The van der Waals surface area contributed by atoms with E-state index in [0.29, 0.717) is 5.82 Å². The topological polar surface area (TPSA) is 69.3 Å². The Morgan fingerprint density at radius 3 is 2.97 bits per heavy atom. The highest BCUT2D eigenvalue weighted by atomic mass is 32.1. The molecule has 2 aliphatic heterocycles. The lowest BCUT2D eigenvalue weighted by atomic mass is 9.84. The van der Waals surface area contributed by atoms with E-state index < -0.39 is 0 Å². The second kappa shape index (κ2) is 9.04. The number of nitrogens with one attached hydrogen (secondary N) is 3. The molecule has 1 atom stereocenters. The van der Waals surface area contributed by atoms with Crippen LogP contribution in [0.2, 0.25) is 0 Å². The van der Waals surface area contributed by atoms with Gasteiger partial charge in [0.15, 0.2) is 0 Å². The number of aromatic nitrogens is 1. The number of urea groups is 1. The molecule has 2 aromatic rings. The molecule has 1 saturated carbocycles. The van der Waals surface area contributed by atoms with Crippen molar-refractivity contribution in [3.63, 3.8) is 0 Å². The molecule has 5 rings (SSSR count). The van der Waals surface area contributed by atoms with Gasteiger partial charge in [-0.15, -0.1) is 11.3 Å². The number of rotatable bonds is 5. The van der Waals surface area contributed by atoms with Crippen molar-refractivity contribution in [2.24, 2.45) is 5.92 Å². The number of hydrogen-bond donors (Lipinski definition) is 3. The maximum absolute atomic E-state index is 12.3. The van der Waals surface area contributed by atoms with E-state index in [1.54, 1.807) is 11.3 Å². The van der Waals surface area contributed by atoms with Crippen molar-refractivity contribution in [3.05, 3.63) is 34.7 Å². The first kappa shape index (κ1) is 20.0. The highest BCUT2D eigenvalue weighted by Gasteiger charge is 2.24. The van der Waals surface area contributed by atoms with Gasteiger partial charge >= 0.3 is 6.03 Å². The van der Waals surface area contributed by atoms with Crippen molar-refractivity contribution in [2.45, 2.75) is 51.1 Å². The summed E-state index contributed by atoms with van der Waals surface area (Å²) in [6.07, 6.45) is 7.49. The number of piperidine rings is 1. The third-order valence-corrected chi connectivity index (χ3v) is 7.55. The van der Waals surface area contributed by atoms with Gasteiger partial charge in [-0.1, -0.05) is 18.6 Å². The average Bonchev–Trinajstić information content (AvgIpc) is 3.19. The Bertz CT molecular complexity index is 887. The van der Waals surface area contributed by atoms with Crippen molar-refractivity contribution in [1.82, 2.24) is 20.5 Å². The largest absolute Gasteiger partial charge is 0.334 e. The minimum atomic E-state index is -0.169. The van der Waals surface area contributed by atoms with Gasteiger partial charge in [0.2, 0.25) is 0 Å². The smallest absolute Gasteiger partial charge is 0.320 e. The number of carbonyl (C=O) groups excluding carboxylic acids is 1. The molecule has 3 aliphatic rings. The molecule has 3 N–H and O–H groups in total. The van der Waals surface area contributed by atoms with Crippen LogP contribution in [0.1, 0.15) is 43.2 Å². The van der Waals surface area contributed by atoms with Crippen molar-refractivity contribution in [2.75, 3.05) is 31.5 Å². The molecular formula is C23H31N5OS. The van der Waals surface area contributed by atoms with Crippen molar-refractivity contribution in [1.29, 1.82) is 0 Å². The van der Waals surface area contributed by atoms with E-state index >= 15 is 0 Å². The Hall–Kier alpha value is -1.96. The molecule has 6 nitrogen and oxygen atoms in total. The molecule has 0 bridgehead atoms. The molecule has 0 unspecified atom stereocenters. The maximum Gasteiger partial charge on any atom is 0.320 e. The lowest BCUT2D eigenvalue weighted by Gasteiger charge is -2.35. The molecule has 0 spiro atoms. The molecule has 7 heteroatoms. The van der Waals surface area contributed by atoms with Gasteiger partial charge < -0.3 is 10.6 Å². The van der Waals surface area contributed by atoms with Gasteiger partial charge in [0, 0.05) is 43.2 Å². The predicted octanol–water partition coefficient (Wildman–Crippen LogP) is 3.84. The Balaban J connectivity index is 1.19. The zero-order chi connectivity index (χ0) is 20.3. The summed E-state index contributed by atoms with van der Waals surface area (Å²) < 4.78 is 0. The number of carbonyl (C=O) groups is 1. The number of amides is 2. The van der Waals surface area contributed by atoms with Crippen LogP contribution in [-0.4, -0.2) is 48.1 Å². The molecule has 2 fully saturated rings. The zero-order valence-electron chi connectivity index (χ0n) is 17.5. The van der Waals surface area contributed by atoms with Crippen LogP contribution in [0.5, 0.6) is 0 Å². The highest BCUT2D eigenvalue weighted by Crippen LogP contribution is 2.32. The van der Waals surface area contributed by atoms with Crippen LogP contribution in [-0.2, 0) is 13.0 Å². The molecule has 1 saturated heterocycles. The van der Waals surface area contributed by atoms with E-state index in [0.717, 1.165) is 61.9 Å². The fourth-order valence-corrected chi connectivity index (χ4v) is 5.47. The number of hydrogen-bond acceptors (Lipinski definition) is 5. The average molecular weight is 426 g/mol. The van der Waals surface area contributed by atoms with Crippen molar-refractivity contribution in [3.8, 4) is 10.6 Å². The number of anilines is 1. The molecule has 1 aromatic heterocycles. The summed E-state index contributed by atoms with van der Waals surface area (Å²) >= 11 is 1.58. The van der Waals surface area contributed by atoms with E-state index in [9.17, 15) is 4.79 Å². The molecule has 160 valence electrons. The second-order valence-corrected chi connectivity index (χ2v) is 9.80. The first-order valence-electron chi connectivity index (χ1n) is 11.3. The summed E-state index contributed by atoms with van der Waals surface area (Å²) in [7, 11) is 0. The van der Waals surface area contributed by atoms with Gasteiger partial charge in [-0.05, 0) is 61.8 Å². The van der Waals surface area contributed by atoms with Gasteiger partial charge in [-0.25, -0.2) is 9.78 Å². The van der Waals surface area contributed by atoms with E-state index in [-0.39, 0.29) is 12.1 Å². The number of nitrogens with zero attached hydrogens (tertiary/aromatic N) is 2. The van der Waals surface area contributed by atoms with Crippen LogP contribution in [0.4, 0.5) is 10.6 Å². The second-order valence-electron chi connectivity index (χ2n) is 8.95. The normalized spacial score (nSPS) is 22.2. The molecule has 1 aromatic carbocycles. The Labute approximate surface area is 182 Å². The summed E-state index contributed by atoms with van der Waals surface area (Å²) in [5.74, 6) is 1.55. The standard InChI is InChI=1S/C23H31N5OS/c29-23(25-20-5-2-9-24-12-20)27-21-15-30-22(26-21)18-6-7-19-14-28(10-8-17(19)11-18)13-16-3-1-4-16/h6-7,11,15-16,20,24H,1-5,8-10,12-14H2,(H2,25,27,29)/t20-/m0/s1. The Kier molecular flexibility index (Phi) is 6.02. The van der Waals surface area contributed by atoms with E-state index in [1.807, 2.05) is 5.38 Å². The first-order chi connectivity index (χ1) is 14.7. The third-order valence-electron chi connectivity index (χ3n) is 6.66. The predicted molar refractivity (Wildman–Crippen MR) is 122 cm³/mol. The Morgan fingerprint density at radius 1 is 1.23 bits per heavy atom. The van der Waals surface area contributed by atoms with E-state index in [2.05, 4.69) is 44.0 Å². The van der Waals surface area contributed by atoms with Crippen LogP contribution in [0.15, 0.2) is 23.6 Å². The minimum absolute atomic E-state index is 0.169. The van der Waals surface area contributed by atoms with Crippen LogP contribution >= 0.6 is 11.3 Å². The lowest BCUT2D eigenvalue weighted by molar-refractivity contribution is 0.166. The maximum atomic E-state index is 12.3. The quantitative estimate of drug-likeness (QED) is 0.681. The SMILES string of the molecule is O=C(Nc1csc(-c2ccc3c(c2)CCN(CC2CCC2)C3)n1)N[C@H]1CCCNC1. The number of fused-ring (bicyclic) bond motifs is 1. The van der Waals surface area contributed by atoms with Crippen LogP contribution in [0.25, 0.3) is 10.6 Å². The molecule has 1 aliphatic carbocycles. The minimum Gasteiger partial charge on any atom is -0.334 e. The summed E-state index contributed by atoms with van der Waals surface area (Å²) in [5, 5.41) is 12.1. The molecule has 3 heterocycles. The van der Waals surface area contributed by atoms with Crippen molar-refractivity contribution >= 4 is 23.2 Å². The monoisotopic (exact) mass is 425 g/mol. The molecular weight excluding hydrogens is 394 g/mol.